The number of non-ortho nitro benzene ring substituents is 1. The van der Waals surface area contributed by atoms with E-state index in [4.69, 9.17) is 5.73 Å². The normalized spacial score (nSPS) is 20.5. The lowest BCUT2D eigenvalue weighted by Crippen LogP contribution is -2.44. The Bertz CT molecular complexity index is 906. The highest BCUT2D eigenvalue weighted by atomic mass is 35.5. The smallest absolute Gasteiger partial charge is 0.278 e. The van der Waals surface area contributed by atoms with E-state index in [1.54, 1.807) is 6.07 Å². The number of nitrogens with two attached hydrogens (primary N) is 1. The first-order chi connectivity index (χ1) is 11.9. The average Bonchev–Trinajstić information content (AvgIpc) is 2.60. The molecule has 2 aromatic rings. The quantitative estimate of drug-likeness (QED) is 0.585. The number of rotatable bonds is 5. The van der Waals surface area contributed by atoms with Gasteiger partial charge in [0.15, 0.2) is 0 Å². The van der Waals surface area contributed by atoms with Crippen molar-refractivity contribution in [3.05, 3.63) is 40.6 Å². The molecule has 8 nitrogen and oxygen atoms in total. The molecule has 0 aliphatic heterocycles. The van der Waals surface area contributed by atoms with Gasteiger partial charge in [0.2, 0.25) is 10.0 Å². The minimum absolute atomic E-state index is 0. The first kappa shape index (κ1) is 20.5. The average molecular weight is 401 g/mol. The third-order valence-electron chi connectivity index (χ3n) is 4.71. The van der Waals surface area contributed by atoms with Crippen LogP contribution in [0.4, 0.5) is 5.69 Å². The van der Waals surface area contributed by atoms with Crippen molar-refractivity contribution in [3.63, 3.8) is 0 Å². The van der Waals surface area contributed by atoms with Gasteiger partial charge in [0, 0.05) is 18.3 Å². The molecule has 1 fully saturated rings. The van der Waals surface area contributed by atoms with Crippen molar-refractivity contribution in [2.24, 2.45) is 11.7 Å². The second kappa shape index (κ2) is 8.26. The molecule has 2 atom stereocenters. The van der Waals surface area contributed by atoms with Crippen LogP contribution in [0.2, 0.25) is 0 Å². The number of sulfonamides is 1. The molecule has 0 amide bonds. The van der Waals surface area contributed by atoms with Crippen LogP contribution in [-0.4, -0.2) is 30.9 Å². The second-order valence-corrected chi connectivity index (χ2v) is 7.93. The van der Waals surface area contributed by atoms with Crippen LogP contribution in [0.25, 0.3) is 10.9 Å². The van der Waals surface area contributed by atoms with E-state index in [1.165, 1.54) is 24.4 Å². The molecule has 1 aromatic carbocycles. The van der Waals surface area contributed by atoms with Gasteiger partial charge in [-0.25, -0.2) is 13.1 Å². The van der Waals surface area contributed by atoms with Gasteiger partial charge in [-0.3, -0.25) is 15.1 Å². The van der Waals surface area contributed by atoms with E-state index in [2.05, 4.69) is 9.71 Å². The van der Waals surface area contributed by atoms with Crippen LogP contribution < -0.4 is 10.5 Å². The van der Waals surface area contributed by atoms with Gasteiger partial charge in [-0.1, -0.05) is 12.8 Å². The van der Waals surface area contributed by atoms with Gasteiger partial charge in [-0.15, -0.1) is 12.4 Å². The number of pyridine rings is 1. The Morgan fingerprint density at radius 1 is 1.27 bits per heavy atom. The number of nitro groups is 1. The Labute approximate surface area is 157 Å². The number of hydrogen-bond acceptors (Lipinski definition) is 6. The van der Waals surface area contributed by atoms with Crippen LogP contribution >= 0.6 is 12.4 Å². The number of nitrogens with one attached hydrogen (secondary N) is 1. The highest BCUT2D eigenvalue weighted by molar-refractivity contribution is 7.89. The Kier molecular flexibility index (Phi) is 6.51. The fraction of sp³-hybridized carbons (Fsp3) is 0.438. The van der Waals surface area contributed by atoms with Gasteiger partial charge in [-0.2, -0.15) is 0 Å². The van der Waals surface area contributed by atoms with E-state index in [0.717, 1.165) is 25.7 Å². The molecule has 2 unspecified atom stereocenters. The third-order valence-corrected chi connectivity index (χ3v) is 6.24. The molecule has 1 aliphatic carbocycles. The zero-order chi connectivity index (χ0) is 18.0. The van der Waals surface area contributed by atoms with Crippen LogP contribution in [0, 0.1) is 16.0 Å². The molecular weight excluding hydrogens is 380 g/mol. The van der Waals surface area contributed by atoms with Crippen molar-refractivity contribution in [2.75, 3.05) is 6.54 Å². The molecule has 0 spiro atoms. The topological polar surface area (TPSA) is 128 Å². The van der Waals surface area contributed by atoms with E-state index in [-0.39, 0.29) is 45.9 Å². The summed E-state index contributed by atoms with van der Waals surface area (Å²) in [6, 6.07) is 5.28. The number of aromatic nitrogens is 1. The van der Waals surface area contributed by atoms with Crippen LogP contribution in [0.1, 0.15) is 25.7 Å². The number of halogens is 1. The number of nitro benzene ring substituents is 1. The van der Waals surface area contributed by atoms with Crippen molar-refractivity contribution in [1.29, 1.82) is 0 Å². The SMILES string of the molecule is Cl.NCC1CCCCC1NS(=O)(=O)c1ccc([N+](=O)[O-])c2cccnc12. The van der Waals surface area contributed by atoms with E-state index in [9.17, 15) is 18.5 Å². The lowest BCUT2D eigenvalue weighted by Gasteiger charge is -2.31. The molecule has 0 radical (unpaired) electrons. The van der Waals surface area contributed by atoms with Crippen LogP contribution in [0.5, 0.6) is 0 Å². The minimum Gasteiger partial charge on any atom is -0.330 e. The summed E-state index contributed by atoms with van der Waals surface area (Å²) in [5.74, 6) is 0.0980. The monoisotopic (exact) mass is 400 g/mol. The summed E-state index contributed by atoms with van der Waals surface area (Å²) in [5, 5.41) is 11.4. The lowest BCUT2D eigenvalue weighted by molar-refractivity contribution is -0.383. The van der Waals surface area contributed by atoms with Gasteiger partial charge in [0.25, 0.3) is 5.69 Å². The Morgan fingerprint density at radius 2 is 2.00 bits per heavy atom. The summed E-state index contributed by atoms with van der Waals surface area (Å²) in [5.41, 5.74) is 5.71. The summed E-state index contributed by atoms with van der Waals surface area (Å²) in [7, 11) is -3.86. The summed E-state index contributed by atoms with van der Waals surface area (Å²) in [6.45, 7) is 0.423. The number of fused-ring (bicyclic) bond motifs is 1. The van der Waals surface area contributed by atoms with E-state index in [0.29, 0.717) is 6.54 Å². The highest BCUT2D eigenvalue weighted by Gasteiger charge is 2.30. The molecular formula is C16H21ClN4O4S. The van der Waals surface area contributed by atoms with Crippen molar-refractivity contribution in [2.45, 2.75) is 36.6 Å². The minimum atomic E-state index is -3.86. The van der Waals surface area contributed by atoms with Crippen molar-refractivity contribution < 1.29 is 13.3 Å². The molecule has 1 saturated carbocycles. The molecule has 1 aliphatic rings. The molecule has 0 bridgehead atoms. The standard InChI is InChI=1S/C16H20N4O4S.ClH/c17-10-11-4-1-2-6-13(11)19-25(23,24)15-8-7-14(20(21)22)12-5-3-9-18-16(12)15;/h3,5,7-9,11,13,19H,1-2,4,6,10,17H2;1H. The maximum atomic E-state index is 12.9. The molecule has 1 aromatic heterocycles. The third kappa shape index (κ3) is 3.96. The van der Waals surface area contributed by atoms with E-state index in [1.807, 2.05) is 0 Å². The summed E-state index contributed by atoms with van der Waals surface area (Å²) in [4.78, 5) is 14.7. The Balaban J connectivity index is 0.00000243. The molecule has 10 heteroatoms. The van der Waals surface area contributed by atoms with Gasteiger partial charge >= 0.3 is 0 Å². The second-order valence-electron chi connectivity index (χ2n) is 6.25. The van der Waals surface area contributed by atoms with Gasteiger partial charge in [0.1, 0.15) is 4.90 Å². The number of hydrogen-bond donors (Lipinski definition) is 2. The predicted molar refractivity (Wildman–Crippen MR) is 101 cm³/mol. The maximum absolute atomic E-state index is 12.9. The molecule has 0 saturated heterocycles. The van der Waals surface area contributed by atoms with E-state index < -0.39 is 14.9 Å². The van der Waals surface area contributed by atoms with Crippen LogP contribution in [-0.2, 0) is 10.0 Å². The van der Waals surface area contributed by atoms with Crippen LogP contribution in [0.3, 0.4) is 0 Å². The zero-order valence-corrected chi connectivity index (χ0v) is 15.6. The first-order valence-corrected chi connectivity index (χ1v) is 9.67. The Hall–Kier alpha value is -1.81. The fourth-order valence-electron chi connectivity index (χ4n) is 3.42. The van der Waals surface area contributed by atoms with E-state index >= 15 is 0 Å². The van der Waals surface area contributed by atoms with Crippen molar-refractivity contribution in [1.82, 2.24) is 9.71 Å². The molecule has 26 heavy (non-hydrogen) atoms. The Morgan fingerprint density at radius 3 is 2.69 bits per heavy atom. The largest absolute Gasteiger partial charge is 0.330 e. The fourth-order valence-corrected chi connectivity index (χ4v) is 4.92. The predicted octanol–water partition coefficient (Wildman–Crippen LogP) is 2.36. The zero-order valence-electron chi connectivity index (χ0n) is 14.0. The summed E-state index contributed by atoms with van der Waals surface area (Å²) >= 11 is 0. The molecule has 142 valence electrons. The number of benzene rings is 1. The highest BCUT2D eigenvalue weighted by Crippen LogP contribution is 2.31. The molecule has 1 heterocycles. The lowest BCUT2D eigenvalue weighted by atomic mass is 9.85. The number of nitrogens with zero attached hydrogens (tertiary/aromatic N) is 2. The van der Waals surface area contributed by atoms with Gasteiger partial charge in [0.05, 0.1) is 15.8 Å². The first-order valence-electron chi connectivity index (χ1n) is 8.18. The van der Waals surface area contributed by atoms with Crippen molar-refractivity contribution >= 4 is 39.0 Å². The summed E-state index contributed by atoms with van der Waals surface area (Å²) in [6.07, 6.45) is 5.04. The van der Waals surface area contributed by atoms with Crippen molar-refractivity contribution in [3.8, 4) is 0 Å². The summed E-state index contributed by atoms with van der Waals surface area (Å²) < 4.78 is 28.5. The van der Waals surface area contributed by atoms with Gasteiger partial charge in [-0.05, 0) is 43.5 Å². The van der Waals surface area contributed by atoms with Crippen LogP contribution in [0.15, 0.2) is 35.4 Å². The maximum Gasteiger partial charge on any atom is 0.278 e. The molecule has 3 rings (SSSR count). The molecule has 3 N–H and O–H groups in total. The van der Waals surface area contributed by atoms with Gasteiger partial charge < -0.3 is 5.73 Å².